The summed E-state index contributed by atoms with van der Waals surface area (Å²) in [6.45, 7) is 3.53. The lowest BCUT2D eigenvalue weighted by Crippen LogP contribution is -2.49. The van der Waals surface area contributed by atoms with Crippen molar-refractivity contribution in [2.75, 3.05) is 31.1 Å². The van der Waals surface area contributed by atoms with E-state index in [0.717, 1.165) is 0 Å². The molecule has 0 atom stereocenters. The van der Waals surface area contributed by atoms with E-state index < -0.39 is 10.0 Å². The molecular weight excluding hydrogens is 476 g/mol. The van der Waals surface area contributed by atoms with Crippen LogP contribution in [0, 0.1) is 6.92 Å². The molecule has 1 fully saturated rings. The van der Waals surface area contributed by atoms with Crippen molar-refractivity contribution >= 4 is 15.8 Å². The van der Waals surface area contributed by atoms with E-state index >= 15 is 0 Å². The molecule has 8 nitrogen and oxygen atoms in total. The molecule has 4 aromatic rings. The van der Waals surface area contributed by atoms with Gasteiger partial charge in [0, 0.05) is 32.2 Å². The maximum Gasteiger partial charge on any atom is 0.243 e. The lowest BCUT2D eigenvalue weighted by atomic mass is 10.3. The molecular formula is C27H26N4O4S. The van der Waals surface area contributed by atoms with E-state index in [2.05, 4.69) is 14.9 Å². The van der Waals surface area contributed by atoms with Crippen LogP contribution in [0.1, 0.15) is 5.82 Å². The van der Waals surface area contributed by atoms with E-state index in [4.69, 9.17) is 9.47 Å². The summed E-state index contributed by atoms with van der Waals surface area (Å²) in [6, 6.07) is 27.1. The van der Waals surface area contributed by atoms with Crippen LogP contribution in [0.3, 0.4) is 0 Å². The monoisotopic (exact) mass is 502 g/mol. The summed E-state index contributed by atoms with van der Waals surface area (Å²) in [5, 5.41) is 0. The van der Waals surface area contributed by atoms with E-state index in [9.17, 15) is 8.42 Å². The van der Waals surface area contributed by atoms with Crippen molar-refractivity contribution in [3.63, 3.8) is 0 Å². The first-order valence-corrected chi connectivity index (χ1v) is 13.1. The van der Waals surface area contributed by atoms with Crippen molar-refractivity contribution in [3.8, 4) is 23.1 Å². The Morgan fingerprint density at radius 3 is 1.86 bits per heavy atom. The standard InChI is InChI=1S/C27H26N4O4S/c1-21-28-26(20-27(29-21)35-23-10-6-3-7-11-23)30-16-18-31(19-17-30)36(32,33)25-14-12-24(13-15-25)34-22-8-4-2-5-9-22/h2-15,20H,16-19H2,1H3. The predicted molar refractivity (Wildman–Crippen MR) is 137 cm³/mol. The highest BCUT2D eigenvalue weighted by Crippen LogP contribution is 2.27. The van der Waals surface area contributed by atoms with E-state index in [1.807, 2.05) is 67.6 Å². The highest BCUT2D eigenvalue weighted by Gasteiger charge is 2.29. The van der Waals surface area contributed by atoms with Crippen LogP contribution in [0.25, 0.3) is 0 Å². The molecule has 9 heteroatoms. The summed E-state index contributed by atoms with van der Waals surface area (Å²) < 4.78 is 39.6. The van der Waals surface area contributed by atoms with Gasteiger partial charge in [-0.2, -0.15) is 9.29 Å². The molecule has 0 saturated carbocycles. The molecule has 0 radical (unpaired) electrons. The Morgan fingerprint density at radius 1 is 0.694 bits per heavy atom. The first-order chi connectivity index (χ1) is 17.5. The van der Waals surface area contributed by atoms with Crippen molar-refractivity contribution in [2.45, 2.75) is 11.8 Å². The third kappa shape index (κ3) is 5.48. The van der Waals surface area contributed by atoms with Crippen LogP contribution < -0.4 is 14.4 Å². The molecule has 1 aliphatic heterocycles. The average Bonchev–Trinajstić information content (AvgIpc) is 2.90. The molecule has 0 bridgehead atoms. The van der Waals surface area contributed by atoms with Gasteiger partial charge in [0.2, 0.25) is 15.9 Å². The molecule has 5 rings (SSSR count). The van der Waals surface area contributed by atoms with E-state index in [1.54, 1.807) is 30.3 Å². The zero-order chi connectivity index (χ0) is 25.0. The number of para-hydroxylation sites is 2. The Kier molecular flexibility index (Phi) is 6.84. The van der Waals surface area contributed by atoms with Gasteiger partial charge in [0.25, 0.3) is 0 Å². The second-order valence-electron chi connectivity index (χ2n) is 8.30. The molecule has 2 heterocycles. The maximum atomic E-state index is 13.2. The van der Waals surface area contributed by atoms with Crippen LogP contribution in [0.2, 0.25) is 0 Å². The number of benzene rings is 3. The molecule has 36 heavy (non-hydrogen) atoms. The molecule has 0 spiro atoms. The largest absolute Gasteiger partial charge is 0.457 e. The van der Waals surface area contributed by atoms with Gasteiger partial charge in [0.15, 0.2) is 0 Å². The third-order valence-corrected chi connectivity index (χ3v) is 7.68. The minimum atomic E-state index is -3.62. The molecule has 1 saturated heterocycles. The van der Waals surface area contributed by atoms with E-state index in [0.29, 0.717) is 60.9 Å². The van der Waals surface area contributed by atoms with Crippen molar-refractivity contribution in [1.29, 1.82) is 0 Å². The minimum Gasteiger partial charge on any atom is -0.457 e. The number of piperazine rings is 1. The van der Waals surface area contributed by atoms with Gasteiger partial charge in [-0.05, 0) is 55.5 Å². The maximum absolute atomic E-state index is 13.2. The first kappa shape index (κ1) is 23.8. The fourth-order valence-electron chi connectivity index (χ4n) is 3.96. The number of hydrogen-bond acceptors (Lipinski definition) is 7. The lowest BCUT2D eigenvalue weighted by molar-refractivity contribution is 0.383. The van der Waals surface area contributed by atoms with Crippen LogP contribution in [0.15, 0.2) is 95.9 Å². The van der Waals surface area contributed by atoms with Gasteiger partial charge in [-0.1, -0.05) is 36.4 Å². The predicted octanol–water partition coefficient (Wildman–Crippen LogP) is 4.88. The van der Waals surface area contributed by atoms with E-state index in [1.165, 1.54) is 4.31 Å². The van der Waals surface area contributed by atoms with Crippen LogP contribution in [-0.4, -0.2) is 48.9 Å². The van der Waals surface area contributed by atoms with Crippen molar-refractivity contribution < 1.29 is 17.9 Å². The highest BCUT2D eigenvalue weighted by molar-refractivity contribution is 7.89. The SMILES string of the molecule is Cc1nc(Oc2ccccc2)cc(N2CCN(S(=O)(=O)c3ccc(Oc4ccccc4)cc3)CC2)n1. The molecule has 0 unspecified atom stereocenters. The quantitative estimate of drug-likeness (QED) is 0.356. The van der Waals surface area contributed by atoms with Gasteiger partial charge in [-0.15, -0.1) is 0 Å². The fourth-order valence-corrected chi connectivity index (χ4v) is 5.38. The summed E-state index contributed by atoms with van der Waals surface area (Å²) >= 11 is 0. The molecule has 184 valence electrons. The zero-order valence-electron chi connectivity index (χ0n) is 19.8. The Bertz CT molecular complexity index is 1410. The molecule has 0 aliphatic carbocycles. The Balaban J connectivity index is 1.24. The normalized spacial score (nSPS) is 14.4. The van der Waals surface area contributed by atoms with Crippen molar-refractivity contribution in [2.24, 2.45) is 0 Å². The number of sulfonamides is 1. The molecule has 0 N–H and O–H groups in total. The van der Waals surface area contributed by atoms with Crippen LogP contribution in [0.4, 0.5) is 5.82 Å². The molecule has 1 aromatic heterocycles. The molecule has 1 aliphatic rings. The second kappa shape index (κ2) is 10.3. The van der Waals surface area contributed by atoms with Crippen LogP contribution in [-0.2, 0) is 10.0 Å². The van der Waals surface area contributed by atoms with E-state index in [-0.39, 0.29) is 4.90 Å². The Labute approximate surface area is 210 Å². The molecule has 3 aromatic carbocycles. The van der Waals surface area contributed by atoms with Crippen LogP contribution >= 0.6 is 0 Å². The van der Waals surface area contributed by atoms with Gasteiger partial charge in [0.05, 0.1) is 4.90 Å². The van der Waals surface area contributed by atoms with Gasteiger partial charge >= 0.3 is 0 Å². The van der Waals surface area contributed by atoms with Crippen molar-refractivity contribution in [1.82, 2.24) is 14.3 Å². The summed E-state index contributed by atoms with van der Waals surface area (Å²) in [7, 11) is -3.62. The number of hydrogen-bond donors (Lipinski definition) is 0. The van der Waals surface area contributed by atoms with Gasteiger partial charge in [0.1, 0.15) is 28.9 Å². The summed E-state index contributed by atoms with van der Waals surface area (Å²) in [4.78, 5) is 11.2. The number of ether oxygens (including phenoxy) is 2. The zero-order valence-corrected chi connectivity index (χ0v) is 20.6. The number of anilines is 1. The summed E-state index contributed by atoms with van der Waals surface area (Å²) in [5.74, 6) is 3.73. The smallest absolute Gasteiger partial charge is 0.243 e. The van der Waals surface area contributed by atoms with Gasteiger partial charge in [-0.25, -0.2) is 13.4 Å². The number of nitrogens with zero attached hydrogens (tertiary/aromatic N) is 4. The number of aromatic nitrogens is 2. The average molecular weight is 503 g/mol. The highest BCUT2D eigenvalue weighted by atomic mass is 32.2. The van der Waals surface area contributed by atoms with Gasteiger partial charge < -0.3 is 14.4 Å². The third-order valence-electron chi connectivity index (χ3n) is 5.77. The Hall–Kier alpha value is -3.95. The summed E-state index contributed by atoms with van der Waals surface area (Å²) in [5.41, 5.74) is 0. The number of rotatable bonds is 7. The molecule has 0 amide bonds. The lowest BCUT2D eigenvalue weighted by Gasteiger charge is -2.34. The minimum absolute atomic E-state index is 0.243. The van der Waals surface area contributed by atoms with Crippen LogP contribution in [0.5, 0.6) is 23.1 Å². The van der Waals surface area contributed by atoms with Gasteiger partial charge in [-0.3, -0.25) is 0 Å². The Morgan fingerprint density at radius 2 is 1.25 bits per heavy atom. The fraction of sp³-hybridized carbons (Fsp3) is 0.185. The summed E-state index contributed by atoms with van der Waals surface area (Å²) in [6.07, 6.45) is 0. The number of aryl methyl sites for hydroxylation is 1. The topological polar surface area (TPSA) is 84.9 Å². The second-order valence-corrected chi connectivity index (χ2v) is 10.2. The van der Waals surface area contributed by atoms with Crippen molar-refractivity contribution in [3.05, 3.63) is 96.8 Å². The first-order valence-electron chi connectivity index (χ1n) is 11.6.